The third-order valence-electron chi connectivity index (χ3n) is 5.12. The van der Waals surface area contributed by atoms with Gasteiger partial charge in [-0.2, -0.15) is 4.31 Å². The van der Waals surface area contributed by atoms with E-state index in [1.165, 1.54) is 11.4 Å². The van der Waals surface area contributed by atoms with E-state index in [4.69, 9.17) is 9.72 Å². The summed E-state index contributed by atoms with van der Waals surface area (Å²) in [5.41, 5.74) is 3.14. The molecule has 30 heavy (non-hydrogen) atoms. The summed E-state index contributed by atoms with van der Waals surface area (Å²) in [6.07, 6.45) is 1.84. The molecule has 9 heteroatoms. The average Bonchev–Trinajstić information content (AvgIpc) is 3.12. The third kappa shape index (κ3) is 3.75. The van der Waals surface area contributed by atoms with E-state index in [1.54, 1.807) is 16.6 Å². The van der Waals surface area contributed by atoms with Crippen LogP contribution in [-0.4, -0.2) is 54.6 Å². The smallest absolute Gasteiger partial charge is 0.246 e. The quantitative estimate of drug-likeness (QED) is 0.586. The first kappa shape index (κ1) is 22.0. The van der Waals surface area contributed by atoms with E-state index < -0.39 is 10.0 Å². The molecule has 0 aliphatic carbocycles. The number of hydrogen-bond donors (Lipinski definition) is 1. The Morgan fingerprint density at radius 3 is 2.47 bits per heavy atom. The molecule has 0 bridgehead atoms. The van der Waals surface area contributed by atoms with E-state index in [-0.39, 0.29) is 10.8 Å². The van der Waals surface area contributed by atoms with Gasteiger partial charge in [0.1, 0.15) is 10.6 Å². The van der Waals surface area contributed by atoms with Gasteiger partial charge in [0.25, 0.3) is 0 Å². The molecule has 0 saturated heterocycles. The van der Waals surface area contributed by atoms with Crippen LogP contribution in [-0.2, 0) is 10.0 Å². The molecule has 2 aromatic heterocycles. The van der Waals surface area contributed by atoms with E-state index in [1.807, 2.05) is 39.2 Å². The number of benzene rings is 1. The van der Waals surface area contributed by atoms with Crippen LogP contribution in [0, 0.1) is 0 Å². The number of hydrogen-bond acceptors (Lipinski definition) is 6. The molecular formula is C21H29N5O3S. The first-order valence-corrected chi connectivity index (χ1v) is 11.5. The Labute approximate surface area is 177 Å². The van der Waals surface area contributed by atoms with E-state index in [0.29, 0.717) is 30.1 Å². The molecule has 0 atom stereocenters. The molecule has 0 saturated carbocycles. The molecule has 8 nitrogen and oxygen atoms in total. The van der Waals surface area contributed by atoms with Crippen LogP contribution in [0.5, 0.6) is 5.75 Å². The molecule has 162 valence electrons. The molecule has 1 N–H and O–H groups in total. The zero-order valence-corrected chi connectivity index (χ0v) is 19.1. The van der Waals surface area contributed by atoms with Gasteiger partial charge in [0.15, 0.2) is 11.5 Å². The second-order valence-corrected chi connectivity index (χ2v) is 9.11. The van der Waals surface area contributed by atoms with Crippen LogP contribution in [0.4, 0.5) is 5.82 Å². The first-order chi connectivity index (χ1) is 14.3. The second kappa shape index (κ2) is 8.61. The summed E-state index contributed by atoms with van der Waals surface area (Å²) in [6.45, 7) is 8.59. The van der Waals surface area contributed by atoms with Crippen LogP contribution in [0.15, 0.2) is 35.4 Å². The summed E-state index contributed by atoms with van der Waals surface area (Å²) in [6, 6.07) is 6.97. The molecule has 0 spiro atoms. The Balaban J connectivity index is 2.19. The van der Waals surface area contributed by atoms with Gasteiger partial charge in [0, 0.05) is 37.5 Å². The Bertz CT molecular complexity index is 1150. The van der Waals surface area contributed by atoms with Gasteiger partial charge < -0.3 is 10.1 Å². The van der Waals surface area contributed by atoms with Gasteiger partial charge in [-0.25, -0.2) is 17.9 Å². The van der Waals surface area contributed by atoms with E-state index in [2.05, 4.69) is 24.3 Å². The molecule has 0 unspecified atom stereocenters. The Hall–Kier alpha value is -2.65. The van der Waals surface area contributed by atoms with Crippen molar-refractivity contribution in [2.45, 2.75) is 38.5 Å². The second-order valence-electron chi connectivity index (χ2n) is 7.20. The summed E-state index contributed by atoms with van der Waals surface area (Å²) in [5.74, 6) is 1.33. The summed E-state index contributed by atoms with van der Waals surface area (Å²) in [7, 11) is -0.376. The van der Waals surface area contributed by atoms with Crippen LogP contribution in [0.1, 0.15) is 39.2 Å². The van der Waals surface area contributed by atoms with Gasteiger partial charge in [-0.1, -0.05) is 27.7 Å². The number of nitrogens with zero attached hydrogens (tertiary/aromatic N) is 4. The molecule has 0 fully saturated rings. The number of methoxy groups -OCH3 is 1. The average molecular weight is 432 g/mol. The van der Waals surface area contributed by atoms with Crippen molar-refractivity contribution in [1.29, 1.82) is 0 Å². The number of ether oxygens (including phenoxy) is 1. The lowest BCUT2D eigenvalue weighted by Gasteiger charge is -2.20. The zero-order valence-electron chi connectivity index (χ0n) is 18.3. The fraction of sp³-hybridized carbons (Fsp3) is 0.429. The van der Waals surface area contributed by atoms with Crippen molar-refractivity contribution in [1.82, 2.24) is 18.9 Å². The van der Waals surface area contributed by atoms with E-state index in [0.717, 1.165) is 17.0 Å². The highest BCUT2D eigenvalue weighted by Gasteiger charge is 2.26. The highest BCUT2D eigenvalue weighted by molar-refractivity contribution is 7.89. The predicted octanol–water partition coefficient (Wildman–Crippen LogP) is 3.60. The highest BCUT2D eigenvalue weighted by atomic mass is 32.2. The molecule has 1 aromatic carbocycles. The SMILES string of the molecule is CCN(CC)S(=O)(=O)c1cc(-c2ccn3nc(NC)c(C(C)C)c3n2)ccc1OC. The minimum atomic E-state index is -3.69. The standard InChI is InChI=1S/C21H29N5O3S/c1-7-25(8-2)30(27,28)18-13-15(9-10-17(18)29-6)16-11-12-26-21(23-16)19(14(3)4)20(22-5)24-26/h9-14H,7-8H2,1-6H3,(H,22,24). The van der Waals surface area contributed by atoms with Gasteiger partial charge in [-0.05, 0) is 30.2 Å². The summed E-state index contributed by atoms with van der Waals surface area (Å²) in [5, 5.41) is 7.66. The lowest BCUT2D eigenvalue weighted by Crippen LogP contribution is -2.30. The Kier molecular flexibility index (Phi) is 6.33. The largest absolute Gasteiger partial charge is 0.495 e. The topological polar surface area (TPSA) is 88.8 Å². The minimum absolute atomic E-state index is 0.140. The fourth-order valence-corrected chi connectivity index (χ4v) is 5.20. The molecule has 0 aliphatic heterocycles. The molecule has 3 aromatic rings. The third-order valence-corrected chi connectivity index (χ3v) is 7.19. The van der Waals surface area contributed by atoms with Crippen molar-refractivity contribution in [3.63, 3.8) is 0 Å². The van der Waals surface area contributed by atoms with Crippen molar-refractivity contribution in [2.75, 3.05) is 32.6 Å². The Morgan fingerprint density at radius 2 is 1.90 bits per heavy atom. The summed E-state index contributed by atoms with van der Waals surface area (Å²) in [4.78, 5) is 4.95. The number of anilines is 1. The van der Waals surface area contributed by atoms with Crippen molar-refractivity contribution in [2.24, 2.45) is 0 Å². The van der Waals surface area contributed by atoms with Crippen LogP contribution in [0.2, 0.25) is 0 Å². The number of nitrogens with one attached hydrogen (secondary N) is 1. The number of fused-ring (bicyclic) bond motifs is 1. The lowest BCUT2D eigenvalue weighted by molar-refractivity contribution is 0.395. The number of aromatic nitrogens is 3. The van der Waals surface area contributed by atoms with Crippen LogP contribution >= 0.6 is 0 Å². The van der Waals surface area contributed by atoms with Gasteiger partial charge in [0.05, 0.1) is 12.8 Å². The zero-order chi connectivity index (χ0) is 22.1. The van der Waals surface area contributed by atoms with Crippen molar-refractivity contribution in [3.05, 3.63) is 36.0 Å². The number of sulfonamides is 1. The molecule has 0 amide bonds. The molecule has 0 radical (unpaired) electrons. The predicted molar refractivity (Wildman–Crippen MR) is 119 cm³/mol. The Morgan fingerprint density at radius 1 is 1.20 bits per heavy atom. The van der Waals surface area contributed by atoms with Crippen molar-refractivity contribution < 1.29 is 13.2 Å². The molecule has 3 rings (SSSR count). The maximum atomic E-state index is 13.2. The summed E-state index contributed by atoms with van der Waals surface area (Å²) >= 11 is 0. The van der Waals surface area contributed by atoms with Crippen LogP contribution < -0.4 is 10.1 Å². The van der Waals surface area contributed by atoms with Crippen molar-refractivity contribution in [3.8, 4) is 17.0 Å². The van der Waals surface area contributed by atoms with E-state index >= 15 is 0 Å². The van der Waals surface area contributed by atoms with Gasteiger partial charge in [-0.3, -0.25) is 0 Å². The molecule has 0 aliphatic rings. The maximum Gasteiger partial charge on any atom is 0.246 e. The van der Waals surface area contributed by atoms with Crippen LogP contribution in [0.3, 0.4) is 0 Å². The highest BCUT2D eigenvalue weighted by Crippen LogP contribution is 2.33. The maximum absolute atomic E-state index is 13.2. The lowest BCUT2D eigenvalue weighted by atomic mass is 10.1. The van der Waals surface area contributed by atoms with Gasteiger partial charge in [-0.15, -0.1) is 5.10 Å². The molecule has 2 heterocycles. The van der Waals surface area contributed by atoms with Crippen molar-refractivity contribution >= 4 is 21.5 Å². The summed E-state index contributed by atoms with van der Waals surface area (Å²) < 4.78 is 34.8. The van der Waals surface area contributed by atoms with E-state index in [9.17, 15) is 8.42 Å². The minimum Gasteiger partial charge on any atom is -0.495 e. The van der Waals surface area contributed by atoms with Gasteiger partial charge in [0.2, 0.25) is 10.0 Å². The van der Waals surface area contributed by atoms with Gasteiger partial charge >= 0.3 is 0 Å². The monoisotopic (exact) mass is 431 g/mol. The number of rotatable bonds is 8. The van der Waals surface area contributed by atoms with Crippen LogP contribution in [0.25, 0.3) is 16.9 Å². The fourth-order valence-electron chi connectivity index (χ4n) is 3.56. The first-order valence-electron chi connectivity index (χ1n) is 10.0. The normalized spacial score (nSPS) is 12.1. The molecular weight excluding hydrogens is 402 g/mol.